The standard InChI is InChI=1S/C10H19NO/c1-7(2)10(12)8-4-3-5-9(11)6-8/h7-9H,3-6,11H2,1-2H3. The molecule has 0 aromatic heterocycles. The number of hydrogen-bond acceptors (Lipinski definition) is 2. The van der Waals surface area contributed by atoms with Gasteiger partial charge in [-0.15, -0.1) is 0 Å². The molecule has 0 heterocycles. The van der Waals surface area contributed by atoms with Crippen molar-refractivity contribution in [1.29, 1.82) is 0 Å². The molecule has 0 amide bonds. The molecule has 1 saturated carbocycles. The average molecular weight is 169 g/mol. The van der Waals surface area contributed by atoms with Crippen molar-refractivity contribution in [3.63, 3.8) is 0 Å². The fourth-order valence-corrected chi connectivity index (χ4v) is 1.96. The maximum Gasteiger partial charge on any atom is 0.138 e. The Morgan fingerprint density at radius 2 is 2.08 bits per heavy atom. The Hall–Kier alpha value is -0.370. The fourth-order valence-electron chi connectivity index (χ4n) is 1.96. The summed E-state index contributed by atoms with van der Waals surface area (Å²) in [6.45, 7) is 3.95. The van der Waals surface area contributed by atoms with Gasteiger partial charge in [-0.3, -0.25) is 4.79 Å². The molecule has 2 unspecified atom stereocenters. The molecule has 1 aliphatic carbocycles. The maximum absolute atomic E-state index is 11.6. The van der Waals surface area contributed by atoms with E-state index in [4.69, 9.17) is 5.73 Å². The van der Waals surface area contributed by atoms with Crippen molar-refractivity contribution in [1.82, 2.24) is 0 Å². The van der Waals surface area contributed by atoms with Crippen LogP contribution in [-0.4, -0.2) is 11.8 Å². The predicted octanol–water partition coefficient (Wildman–Crippen LogP) is 1.73. The van der Waals surface area contributed by atoms with Crippen LogP contribution in [0, 0.1) is 11.8 Å². The zero-order valence-electron chi connectivity index (χ0n) is 8.05. The Morgan fingerprint density at radius 1 is 1.42 bits per heavy atom. The van der Waals surface area contributed by atoms with Gasteiger partial charge in [0.1, 0.15) is 5.78 Å². The van der Waals surface area contributed by atoms with E-state index in [0.717, 1.165) is 25.7 Å². The van der Waals surface area contributed by atoms with Crippen LogP contribution in [0.2, 0.25) is 0 Å². The van der Waals surface area contributed by atoms with Crippen molar-refractivity contribution < 1.29 is 4.79 Å². The van der Waals surface area contributed by atoms with E-state index in [0.29, 0.717) is 5.78 Å². The number of hydrogen-bond donors (Lipinski definition) is 1. The molecule has 2 nitrogen and oxygen atoms in total. The van der Waals surface area contributed by atoms with E-state index in [1.165, 1.54) is 0 Å². The van der Waals surface area contributed by atoms with Gasteiger partial charge in [-0.1, -0.05) is 20.3 Å². The first-order valence-corrected chi connectivity index (χ1v) is 4.90. The van der Waals surface area contributed by atoms with Gasteiger partial charge in [0.2, 0.25) is 0 Å². The molecule has 0 aliphatic heterocycles. The zero-order chi connectivity index (χ0) is 9.14. The summed E-state index contributed by atoms with van der Waals surface area (Å²) in [5.41, 5.74) is 5.81. The molecule has 1 fully saturated rings. The number of ketones is 1. The third kappa shape index (κ3) is 2.31. The molecule has 1 aliphatic rings. The summed E-state index contributed by atoms with van der Waals surface area (Å²) < 4.78 is 0. The fraction of sp³-hybridized carbons (Fsp3) is 0.900. The monoisotopic (exact) mass is 169 g/mol. The maximum atomic E-state index is 11.6. The number of carbonyl (C=O) groups excluding carboxylic acids is 1. The van der Waals surface area contributed by atoms with Crippen LogP contribution in [0.5, 0.6) is 0 Å². The van der Waals surface area contributed by atoms with Gasteiger partial charge >= 0.3 is 0 Å². The van der Waals surface area contributed by atoms with Crippen LogP contribution in [0.15, 0.2) is 0 Å². The van der Waals surface area contributed by atoms with Gasteiger partial charge in [0, 0.05) is 17.9 Å². The zero-order valence-corrected chi connectivity index (χ0v) is 8.05. The van der Waals surface area contributed by atoms with Crippen molar-refractivity contribution in [2.75, 3.05) is 0 Å². The lowest BCUT2D eigenvalue weighted by atomic mass is 9.80. The molecule has 70 valence electrons. The van der Waals surface area contributed by atoms with E-state index in [9.17, 15) is 4.79 Å². The molecule has 0 aromatic rings. The van der Waals surface area contributed by atoms with Crippen molar-refractivity contribution in [3.8, 4) is 0 Å². The molecule has 2 heteroatoms. The predicted molar refractivity (Wildman–Crippen MR) is 49.8 cm³/mol. The van der Waals surface area contributed by atoms with E-state index >= 15 is 0 Å². The van der Waals surface area contributed by atoms with Crippen LogP contribution in [0.25, 0.3) is 0 Å². The second kappa shape index (κ2) is 4.04. The first-order valence-electron chi connectivity index (χ1n) is 4.90. The van der Waals surface area contributed by atoms with Gasteiger partial charge in [0.25, 0.3) is 0 Å². The smallest absolute Gasteiger partial charge is 0.138 e. The minimum absolute atomic E-state index is 0.181. The highest BCUT2D eigenvalue weighted by molar-refractivity contribution is 5.82. The normalized spacial score (nSPS) is 30.7. The molecule has 0 radical (unpaired) electrons. The molecular formula is C10H19NO. The van der Waals surface area contributed by atoms with Crippen LogP contribution >= 0.6 is 0 Å². The molecule has 12 heavy (non-hydrogen) atoms. The summed E-state index contributed by atoms with van der Waals surface area (Å²) in [6, 6.07) is 0.270. The highest BCUT2D eigenvalue weighted by Crippen LogP contribution is 2.25. The van der Waals surface area contributed by atoms with E-state index in [1.807, 2.05) is 13.8 Å². The quantitative estimate of drug-likeness (QED) is 0.684. The van der Waals surface area contributed by atoms with Gasteiger partial charge in [-0.2, -0.15) is 0 Å². The molecular weight excluding hydrogens is 150 g/mol. The Bertz CT molecular complexity index is 165. The summed E-state index contributed by atoms with van der Waals surface area (Å²) >= 11 is 0. The first kappa shape index (κ1) is 9.72. The number of rotatable bonds is 2. The van der Waals surface area contributed by atoms with Crippen molar-refractivity contribution in [2.45, 2.75) is 45.6 Å². The van der Waals surface area contributed by atoms with Crippen LogP contribution in [-0.2, 0) is 4.79 Å². The second-order valence-electron chi connectivity index (χ2n) is 4.18. The summed E-state index contributed by atoms with van der Waals surface area (Å²) in [5, 5.41) is 0. The van der Waals surface area contributed by atoms with Crippen LogP contribution < -0.4 is 5.73 Å². The van der Waals surface area contributed by atoms with E-state index in [-0.39, 0.29) is 17.9 Å². The SMILES string of the molecule is CC(C)C(=O)C1CCCC(N)C1. The molecule has 1 rings (SSSR count). The molecule has 0 saturated heterocycles. The van der Waals surface area contributed by atoms with E-state index < -0.39 is 0 Å². The summed E-state index contributed by atoms with van der Waals surface area (Å²) in [7, 11) is 0. The Morgan fingerprint density at radius 3 is 2.58 bits per heavy atom. The second-order valence-corrected chi connectivity index (χ2v) is 4.18. The number of carbonyl (C=O) groups is 1. The topological polar surface area (TPSA) is 43.1 Å². The van der Waals surface area contributed by atoms with Gasteiger partial charge in [-0.25, -0.2) is 0 Å². The Kier molecular flexibility index (Phi) is 3.27. The summed E-state index contributed by atoms with van der Waals surface area (Å²) in [6.07, 6.45) is 4.20. The van der Waals surface area contributed by atoms with Gasteiger partial charge in [0.15, 0.2) is 0 Å². The van der Waals surface area contributed by atoms with Crippen LogP contribution in [0.4, 0.5) is 0 Å². The Labute approximate surface area is 74.5 Å². The van der Waals surface area contributed by atoms with Crippen LogP contribution in [0.1, 0.15) is 39.5 Å². The van der Waals surface area contributed by atoms with Gasteiger partial charge in [0.05, 0.1) is 0 Å². The van der Waals surface area contributed by atoms with E-state index in [1.54, 1.807) is 0 Å². The van der Waals surface area contributed by atoms with Crippen molar-refractivity contribution >= 4 is 5.78 Å². The Balaban J connectivity index is 2.46. The highest BCUT2D eigenvalue weighted by atomic mass is 16.1. The molecule has 0 spiro atoms. The minimum Gasteiger partial charge on any atom is -0.328 e. The average Bonchev–Trinajstić information content (AvgIpc) is 2.03. The van der Waals surface area contributed by atoms with Crippen molar-refractivity contribution in [3.05, 3.63) is 0 Å². The van der Waals surface area contributed by atoms with E-state index in [2.05, 4.69) is 0 Å². The molecule has 0 aromatic carbocycles. The summed E-state index contributed by atoms with van der Waals surface area (Å²) in [5.74, 6) is 0.846. The number of Topliss-reactive ketones (excluding diaryl/α,β-unsaturated/α-hetero) is 1. The molecule has 2 atom stereocenters. The van der Waals surface area contributed by atoms with Crippen molar-refractivity contribution in [2.24, 2.45) is 17.6 Å². The molecule has 2 N–H and O–H groups in total. The highest BCUT2D eigenvalue weighted by Gasteiger charge is 2.26. The first-order chi connectivity index (χ1) is 5.61. The number of nitrogens with two attached hydrogens (primary N) is 1. The lowest BCUT2D eigenvalue weighted by molar-refractivity contribution is -0.126. The lowest BCUT2D eigenvalue weighted by Crippen LogP contribution is -2.33. The van der Waals surface area contributed by atoms with Gasteiger partial charge in [-0.05, 0) is 19.3 Å². The lowest BCUT2D eigenvalue weighted by Gasteiger charge is -2.26. The third-order valence-electron chi connectivity index (χ3n) is 2.69. The molecule has 0 bridgehead atoms. The summed E-state index contributed by atoms with van der Waals surface area (Å²) in [4.78, 5) is 11.6. The van der Waals surface area contributed by atoms with Gasteiger partial charge < -0.3 is 5.73 Å². The van der Waals surface area contributed by atoms with Crippen LogP contribution in [0.3, 0.4) is 0 Å². The largest absolute Gasteiger partial charge is 0.328 e. The third-order valence-corrected chi connectivity index (χ3v) is 2.69. The minimum atomic E-state index is 0.181.